The van der Waals surface area contributed by atoms with Crippen LogP contribution in [0.4, 0.5) is 0 Å². The molecule has 53 valence electrons. The first-order valence-electron chi connectivity index (χ1n) is 3.78. The van der Waals surface area contributed by atoms with Crippen LogP contribution in [0.25, 0.3) is 0 Å². The first-order chi connectivity index (χ1) is 4.97. The molecule has 0 bridgehead atoms. The van der Waals surface area contributed by atoms with Crippen molar-refractivity contribution in [3.8, 4) is 0 Å². The zero-order chi connectivity index (χ0) is 6.81. The molecule has 0 saturated carbocycles. The van der Waals surface area contributed by atoms with Gasteiger partial charge in [-0.25, -0.2) is 0 Å². The van der Waals surface area contributed by atoms with Crippen LogP contribution in [0, 0.1) is 12.5 Å². The summed E-state index contributed by atoms with van der Waals surface area (Å²) < 4.78 is 5.21. The Balaban J connectivity index is 2.14. The predicted molar refractivity (Wildman–Crippen MR) is 40.2 cm³/mol. The molecule has 0 spiro atoms. The molecule has 2 aliphatic rings. The van der Waals surface area contributed by atoms with Crippen LogP contribution in [0.1, 0.15) is 12.8 Å². The van der Waals surface area contributed by atoms with E-state index in [9.17, 15) is 0 Å². The van der Waals surface area contributed by atoms with E-state index in [0.29, 0.717) is 0 Å². The molecule has 1 nitrogen and oxygen atoms in total. The first kappa shape index (κ1) is 6.17. The van der Waals surface area contributed by atoms with Crippen molar-refractivity contribution >= 4 is 0 Å². The third-order valence-electron chi connectivity index (χ3n) is 2.12. The second-order valence-electron chi connectivity index (χ2n) is 2.80. The van der Waals surface area contributed by atoms with E-state index in [1.807, 2.05) is 6.61 Å². The molecule has 1 saturated heterocycles. The van der Waals surface area contributed by atoms with Crippen LogP contribution in [0.5, 0.6) is 0 Å². The predicted octanol–water partition coefficient (Wildman–Crippen LogP) is 2.07. The molecule has 0 amide bonds. The molecule has 0 aromatic carbocycles. The van der Waals surface area contributed by atoms with Gasteiger partial charge >= 0.3 is 0 Å². The Labute approximate surface area is 61.4 Å². The van der Waals surface area contributed by atoms with Crippen LogP contribution in [-0.2, 0) is 4.74 Å². The van der Waals surface area contributed by atoms with E-state index in [-0.39, 0.29) is 0 Å². The molecular weight excluding hydrogens is 124 g/mol. The standard InChI is InChI=1S/C9H11O/c1-2-4-9-7-10-6-5-8(9)3-1/h1-2,4,7-8H,3,5-6H2. The third-order valence-corrected chi connectivity index (χ3v) is 2.12. The van der Waals surface area contributed by atoms with E-state index in [4.69, 9.17) is 4.74 Å². The highest BCUT2D eigenvalue weighted by Crippen LogP contribution is 2.29. The van der Waals surface area contributed by atoms with Crippen LogP contribution in [0.2, 0.25) is 0 Å². The van der Waals surface area contributed by atoms with Gasteiger partial charge in [-0.3, -0.25) is 0 Å². The Hall–Kier alpha value is -0.560. The van der Waals surface area contributed by atoms with Gasteiger partial charge in [0, 0.05) is 6.61 Å². The molecule has 0 aromatic heterocycles. The van der Waals surface area contributed by atoms with Crippen LogP contribution in [0.3, 0.4) is 0 Å². The first-order valence-corrected chi connectivity index (χ1v) is 3.78. The van der Waals surface area contributed by atoms with Crippen LogP contribution >= 0.6 is 0 Å². The molecule has 2 rings (SSSR count). The Morgan fingerprint density at radius 1 is 1.50 bits per heavy atom. The molecule has 0 aromatic rings. The molecule has 1 heterocycles. The summed E-state index contributed by atoms with van der Waals surface area (Å²) in [7, 11) is 0. The average Bonchev–Trinajstić information content (AvgIpc) is 2.05. The molecule has 1 unspecified atom stereocenters. The molecule has 1 aliphatic heterocycles. The highest BCUT2D eigenvalue weighted by atomic mass is 16.5. The summed E-state index contributed by atoms with van der Waals surface area (Å²) in [6, 6.07) is 0. The Bertz CT molecular complexity index is 179. The summed E-state index contributed by atoms with van der Waals surface area (Å²) in [5.74, 6) is 0.749. The molecule has 1 radical (unpaired) electrons. The van der Waals surface area contributed by atoms with Crippen molar-refractivity contribution in [2.45, 2.75) is 12.8 Å². The lowest BCUT2D eigenvalue weighted by Crippen LogP contribution is -2.16. The molecule has 10 heavy (non-hydrogen) atoms. The van der Waals surface area contributed by atoms with E-state index in [1.165, 1.54) is 18.4 Å². The fraction of sp³-hybridized carbons (Fsp3) is 0.444. The van der Waals surface area contributed by atoms with E-state index in [2.05, 4.69) is 18.2 Å². The summed E-state index contributed by atoms with van der Waals surface area (Å²) in [6.45, 7) is 2.80. The second-order valence-corrected chi connectivity index (χ2v) is 2.80. The molecule has 1 heteroatoms. The third kappa shape index (κ3) is 1.01. The van der Waals surface area contributed by atoms with Gasteiger partial charge in [0.1, 0.15) is 6.61 Å². The van der Waals surface area contributed by atoms with Crippen molar-refractivity contribution in [2.75, 3.05) is 6.61 Å². The van der Waals surface area contributed by atoms with E-state index in [0.717, 1.165) is 12.5 Å². The van der Waals surface area contributed by atoms with E-state index >= 15 is 0 Å². The SMILES string of the molecule is [CH]1OCCC2CC=CC=C12. The lowest BCUT2D eigenvalue weighted by atomic mass is 9.88. The maximum Gasteiger partial charge on any atom is 0.109 e. The minimum atomic E-state index is 0.749. The van der Waals surface area contributed by atoms with Gasteiger partial charge in [0.2, 0.25) is 0 Å². The van der Waals surface area contributed by atoms with E-state index in [1.54, 1.807) is 0 Å². The van der Waals surface area contributed by atoms with Gasteiger partial charge in [-0.2, -0.15) is 0 Å². The maximum absolute atomic E-state index is 5.21. The highest BCUT2D eigenvalue weighted by molar-refractivity contribution is 5.26. The number of rotatable bonds is 0. The van der Waals surface area contributed by atoms with Crippen molar-refractivity contribution in [1.82, 2.24) is 0 Å². The Kier molecular flexibility index (Phi) is 1.60. The van der Waals surface area contributed by atoms with Gasteiger partial charge in [0.25, 0.3) is 0 Å². The van der Waals surface area contributed by atoms with Crippen molar-refractivity contribution < 1.29 is 4.74 Å². The Morgan fingerprint density at radius 3 is 3.40 bits per heavy atom. The van der Waals surface area contributed by atoms with Crippen molar-refractivity contribution in [3.05, 3.63) is 30.4 Å². The molecule has 1 aliphatic carbocycles. The number of fused-ring (bicyclic) bond motifs is 1. The molecule has 0 N–H and O–H groups in total. The van der Waals surface area contributed by atoms with E-state index < -0.39 is 0 Å². The fourth-order valence-corrected chi connectivity index (χ4v) is 1.48. The minimum Gasteiger partial charge on any atom is -0.371 e. The van der Waals surface area contributed by atoms with Crippen LogP contribution in [-0.4, -0.2) is 6.61 Å². The second kappa shape index (κ2) is 2.59. The normalized spacial score (nSPS) is 31.2. The summed E-state index contributed by atoms with van der Waals surface area (Å²) in [6.07, 6.45) is 8.87. The lowest BCUT2D eigenvalue weighted by molar-refractivity contribution is 0.159. The molecule has 1 atom stereocenters. The number of ether oxygens (including phenoxy) is 1. The van der Waals surface area contributed by atoms with Gasteiger partial charge in [0.05, 0.1) is 0 Å². The van der Waals surface area contributed by atoms with Gasteiger partial charge in [-0.1, -0.05) is 18.2 Å². The zero-order valence-electron chi connectivity index (χ0n) is 5.92. The fourth-order valence-electron chi connectivity index (χ4n) is 1.48. The quantitative estimate of drug-likeness (QED) is 0.494. The smallest absolute Gasteiger partial charge is 0.109 e. The van der Waals surface area contributed by atoms with Gasteiger partial charge in [-0.05, 0) is 24.3 Å². The molecule has 1 fully saturated rings. The maximum atomic E-state index is 5.21. The van der Waals surface area contributed by atoms with Gasteiger partial charge < -0.3 is 4.74 Å². The Morgan fingerprint density at radius 2 is 2.50 bits per heavy atom. The molecular formula is C9H11O. The van der Waals surface area contributed by atoms with Crippen molar-refractivity contribution in [1.29, 1.82) is 0 Å². The highest BCUT2D eigenvalue weighted by Gasteiger charge is 2.19. The lowest BCUT2D eigenvalue weighted by Gasteiger charge is -2.25. The average molecular weight is 135 g/mol. The zero-order valence-corrected chi connectivity index (χ0v) is 5.92. The topological polar surface area (TPSA) is 9.23 Å². The van der Waals surface area contributed by atoms with Crippen LogP contribution in [0.15, 0.2) is 23.8 Å². The van der Waals surface area contributed by atoms with Crippen molar-refractivity contribution in [2.24, 2.45) is 5.92 Å². The summed E-state index contributed by atoms with van der Waals surface area (Å²) in [5.41, 5.74) is 1.37. The van der Waals surface area contributed by atoms with Gasteiger partial charge in [-0.15, -0.1) is 0 Å². The van der Waals surface area contributed by atoms with Crippen molar-refractivity contribution in [3.63, 3.8) is 0 Å². The van der Waals surface area contributed by atoms with Gasteiger partial charge in [0.15, 0.2) is 0 Å². The summed E-state index contributed by atoms with van der Waals surface area (Å²) in [4.78, 5) is 0. The number of hydrogen-bond donors (Lipinski definition) is 0. The number of hydrogen-bond acceptors (Lipinski definition) is 1. The summed E-state index contributed by atoms with van der Waals surface area (Å²) in [5, 5.41) is 0. The monoisotopic (exact) mass is 135 g/mol. The number of allylic oxidation sites excluding steroid dienone is 3. The minimum absolute atomic E-state index is 0.749. The largest absolute Gasteiger partial charge is 0.371 e. The summed E-state index contributed by atoms with van der Waals surface area (Å²) >= 11 is 0. The van der Waals surface area contributed by atoms with Crippen LogP contribution < -0.4 is 0 Å².